The molecule has 1 aromatic rings. The van der Waals surface area contributed by atoms with Crippen LogP contribution in [0.15, 0.2) is 25.4 Å². The summed E-state index contributed by atoms with van der Waals surface area (Å²) in [4.78, 5) is 23.1. The number of allylic oxidation sites excluding steroid dienone is 1. The molecule has 128 valence electrons. The summed E-state index contributed by atoms with van der Waals surface area (Å²) >= 11 is 0. The van der Waals surface area contributed by atoms with E-state index in [1.165, 1.54) is 27.0 Å². The van der Waals surface area contributed by atoms with Crippen LogP contribution in [0.1, 0.15) is 58.8 Å². The third-order valence-electron chi connectivity index (χ3n) is 3.37. The van der Waals surface area contributed by atoms with Crippen molar-refractivity contribution in [2.24, 2.45) is 0 Å². The van der Waals surface area contributed by atoms with E-state index >= 15 is 0 Å². The third kappa shape index (κ3) is 4.81. The van der Waals surface area contributed by atoms with Gasteiger partial charge in [-0.15, -0.1) is 0 Å². The van der Waals surface area contributed by atoms with Gasteiger partial charge in [-0.1, -0.05) is 33.9 Å². The van der Waals surface area contributed by atoms with Gasteiger partial charge in [0.2, 0.25) is 0 Å². The van der Waals surface area contributed by atoms with E-state index in [4.69, 9.17) is 4.74 Å². The van der Waals surface area contributed by atoms with Gasteiger partial charge in [0, 0.05) is 31.4 Å². The predicted molar refractivity (Wildman–Crippen MR) is 99.1 cm³/mol. The molecule has 1 unspecified atom stereocenters. The molecule has 4 nitrogen and oxygen atoms in total. The van der Waals surface area contributed by atoms with Gasteiger partial charge in [-0.25, -0.2) is 0 Å². The van der Waals surface area contributed by atoms with Crippen molar-refractivity contribution in [3.63, 3.8) is 0 Å². The highest BCUT2D eigenvalue weighted by Gasteiger charge is 2.23. The Morgan fingerprint density at radius 3 is 2.22 bits per heavy atom. The van der Waals surface area contributed by atoms with Crippen LogP contribution >= 0.6 is 0 Å². The number of hydrogen-bond donors (Lipinski definition) is 0. The number of nitrogens with zero attached hydrogens (tertiary/aromatic N) is 1. The lowest BCUT2D eigenvalue weighted by Crippen LogP contribution is -2.06. The second-order valence-corrected chi connectivity index (χ2v) is 4.79. The first kappa shape index (κ1) is 20.6. The average molecular weight is 319 g/mol. The van der Waals surface area contributed by atoms with Crippen molar-refractivity contribution >= 4 is 29.6 Å². The van der Waals surface area contributed by atoms with Gasteiger partial charge in [-0.3, -0.25) is 9.59 Å². The molecule has 0 spiro atoms. The van der Waals surface area contributed by atoms with Crippen LogP contribution in [0.5, 0.6) is 0 Å². The van der Waals surface area contributed by atoms with Crippen molar-refractivity contribution in [1.82, 2.24) is 4.57 Å². The van der Waals surface area contributed by atoms with E-state index in [-0.39, 0.29) is 18.9 Å². The first-order valence-electron chi connectivity index (χ1n) is 7.64. The molecular weight excluding hydrogens is 290 g/mol. The van der Waals surface area contributed by atoms with E-state index < -0.39 is 0 Å². The number of rotatable bonds is 7. The zero-order chi connectivity index (χ0) is 18.2. The summed E-state index contributed by atoms with van der Waals surface area (Å²) in [5.41, 5.74) is 2.22. The molecule has 1 atom stereocenters. The first-order chi connectivity index (χ1) is 10.9. The van der Waals surface area contributed by atoms with Crippen molar-refractivity contribution in [1.29, 1.82) is 0 Å². The minimum atomic E-state index is -0.314. The molecular formula is C19H29NO3. The molecule has 0 aromatic carbocycles. The zero-order valence-corrected chi connectivity index (χ0v) is 15.0. The molecule has 0 saturated heterocycles. The number of methoxy groups -OCH3 is 1. The van der Waals surface area contributed by atoms with Crippen LogP contribution in [-0.2, 0) is 14.3 Å². The Bertz CT molecular complexity index is 627. The number of aromatic nitrogens is 1. The summed E-state index contributed by atoms with van der Waals surface area (Å²) in [5, 5.41) is 0. The monoisotopic (exact) mass is 319 g/mol. The minimum absolute atomic E-state index is 0. The largest absolute Gasteiger partial charge is 0.496 e. The molecule has 0 aliphatic heterocycles. The topological polar surface area (TPSA) is 48.3 Å². The third-order valence-corrected chi connectivity index (χ3v) is 3.37. The number of Topliss-reactive ketones (excluding diaryl/α,β-unsaturated/α-hetero) is 1. The number of hydrogen-bond acceptors (Lipinski definition) is 3. The molecule has 0 radical (unpaired) electrons. The molecule has 0 aliphatic carbocycles. The second kappa shape index (κ2) is 9.62. The Balaban J connectivity index is 0. The highest BCUT2D eigenvalue weighted by atomic mass is 16.5. The van der Waals surface area contributed by atoms with Gasteiger partial charge >= 0.3 is 0 Å². The fourth-order valence-electron chi connectivity index (χ4n) is 2.15. The Morgan fingerprint density at radius 2 is 1.87 bits per heavy atom. The smallest absolute Gasteiger partial charge is 0.156 e. The van der Waals surface area contributed by atoms with Gasteiger partial charge in [0.25, 0.3) is 0 Å². The van der Waals surface area contributed by atoms with E-state index in [0.29, 0.717) is 11.3 Å². The molecule has 0 N–H and O–H groups in total. The van der Waals surface area contributed by atoms with Crippen molar-refractivity contribution in [2.75, 3.05) is 7.11 Å². The number of carbonyl (C=O) groups is 2. The van der Waals surface area contributed by atoms with Gasteiger partial charge in [-0.05, 0) is 25.5 Å². The van der Waals surface area contributed by atoms with Crippen LogP contribution < -0.4 is 0 Å². The van der Waals surface area contributed by atoms with Crippen molar-refractivity contribution in [2.45, 2.75) is 40.5 Å². The van der Waals surface area contributed by atoms with Crippen LogP contribution in [0, 0.1) is 0 Å². The summed E-state index contributed by atoms with van der Waals surface area (Å²) in [5.74, 6) is 0.00695. The van der Waals surface area contributed by atoms with Crippen LogP contribution in [0.2, 0.25) is 0 Å². The fraction of sp³-hybridized carbons (Fsp3) is 0.368. The van der Waals surface area contributed by atoms with Gasteiger partial charge in [0.15, 0.2) is 5.78 Å². The maximum atomic E-state index is 11.7. The van der Waals surface area contributed by atoms with Crippen molar-refractivity contribution in [3.8, 4) is 0 Å². The Labute approximate surface area is 140 Å². The van der Waals surface area contributed by atoms with Crippen LogP contribution in [0.4, 0.5) is 0 Å². The maximum Gasteiger partial charge on any atom is 0.156 e. The molecule has 0 fully saturated rings. The van der Waals surface area contributed by atoms with E-state index in [1.54, 1.807) is 16.8 Å². The maximum absolute atomic E-state index is 11.7. The van der Waals surface area contributed by atoms with Gasteiger partial charge in [0.05, 0.1) is 12.8 Å². The summed E-state index contributed by atoms with van der Waals surface area (Å²) in [6, 6.07) is 0. The Hall–Kier alpha value is -2.36. The number of carbonyl (C=O) groups excluding carboxylic acids is 2. The van der Waals surface area contributed by atoms with E-state index in [9.17, 15) is 9.59 Å². The fourth-order valence-corrected chi connectivity index (χ4v) is 2.15. The average Bonchev–Trinajstić information content (AvgIpc) is 2.91. The normalized spacial score (nSPS) is 11.8. The van der Waals surface area contributed by atoms with E-state index in [0.717, 1.165) is 11.3 Å². The molecule has 1 aromatic heterocycles. The van der Waals surface area contributed by atoms with Crippen LogP contribution in [0.3, 0.4) is 0 Å². The van der Waals surface area contributed by atoms with Crippen molar-refractivity contribution in [3.05, 3.63) is 42.3 Å². The van der Waals surface area contributed by atoms with E-state index in [2.05, 4.69) is 13.2 Å². The lowest BCUT2D eigenvalue weighted by molar-refractivity contribution is -0.118. The lowest BCUT2D eigenvalue weighted by Gasteiger charge is -2.12. The Morgan fingerprint density at radius 1 is 1.30 bits per heavy atom. The molecule has 0 amide bonds. The number of ketones is 2. The lowest BCUT2D eigenvalue weighted by atomic mass is 9.94. The summed E-state index contributed by atoms with van der Waals surface area (Å²) in [7, 11) is 1.50. The number of ether oxygens (including phenoxy) is 1. The van der Waals surface area contributed by atoms with Crippen LogP contribution in [-0.4, -0.2) is 23.2 Å². The first-order valence-corrected chi connectivity index (χ1v) is 7.64. The molecule has 4 heteroatoms. The second-order valence-electron chi connectivity index (χ2n) is 4.79. The van der Waals surface area contributed by atoms with E-state index in [1.807, 2.05) is 27.0 Å². The molecule has 1 rings (SSSR count). The van der Waals surface area contributed by atoms with Gasteiger partial charge < -0.3 is 9.30 Å². The van der Waals surface area contributed by atoms with Crippen LogP contribution in [0.25, 0.3) is 18.0 Å². The molecule has 1 heterocycles. The van der Waals surface area contributed by atoms with Gasteiger partial charge in [-0.2, -0.15) is 0 Å². The summed E-state index contributed by atoms with van der Waals surface area (Å²) in [6.07, 6.45) is 6.50. The standard InChI is InChI=1S/C17H21NO3.C2H6.H2/c1-7-15-17(16(21-6)9-11(3)19)14(10-18(15)8-2)12(4)13(5)20;1-2;/h7-10,12H,1-2H2,3-6H3;1-2H3;1H/b16-9-;;. The van der Waals surface area contributed by atoms with Crippen molar-refractivity contribution < 1.29 is 15.8 Å². The summed E-state index contributed by atoms with van der Waals surface area (Å²) in [6.45, 7) is 16.3. The summed E-state index contributed by atoms with van der Waals surface area (Å²) < 4.78 is 7.12. The highest BCUT2D eigenvalue weighted by Crippen LogP contribution is 2.33. The predicted octanol–water partition coefficient (Wildman–Crippen LogP) is 4.77. The quantitative estimate of drug-likeness (QED) is 0.537. The zero-order valence-electron chi connectivity index (χ0n) is 15.0. The Kier molecular flexibility index (Phi) is 8.63. The molecule has 0 saturated carbocycles. The molecule has 0 bridgehead atoms. The SMILES string of the molecule is C=Cc1c(/C(=C/C(C)=O)OC)c(C(C)C(C)=O)cn1C=C.CC.[HH]. The molecule has 0 aliphatic rings. The van der Waals surface area contributed by atoms with Gasteiger partial charge in [0.1, 0.15) is 11.5 Å². The highest BCUT2D eigenvalue weighted by molar-refractivity contribution is 5.96. The minimum Gasteiger partial charge on any atom is -0.496 e. The molecule has 23 heavy (non-hydrogen) atoms.